The highest BCUT2D eigenvalue weighted by Crippen LogP contribution is 2.30. The first-order chi connectivity index (χ1) is 15.0. The molecule has 2 unspecified atom stereocenters. The van der Waals surface area contributed by atoms with E-state index in [1.165, 1.54) is 0 Å². The van der Waals surface area contributed by atoms with Gasteiger partial charge in [-0.25, -0.2) is 0 Å². The Morgan fingerprint density at radius 3 is 2.23 bits per heavy atom. The second-order valence-electron chi connectivity index (χ2n) is 8.47. The van der Waals surface area contributed by atoms with Crippen molar-refractivity contribution in [3.8, 4) is 0 Å². The summed E-state index contributed by atoms with van der Waals surface area (Å²) < 4.78 is 0. The van der Waals surface area contributed by atoms with Crippen molar-refractivity contribution in [2.45, 2.75) is 38.3 Å². The molecule has 0 spiro atoms. The maximum Gasteiger partial charge on any atom is 0.251 e. The van der Waals surface area contributed by atoms with Gasteiger partial charge in [-0.3, -0.25) is 14.4 Å². The van der Waals surface area contributed by atoms with Gasteiger partial charge < -0.3 is 15.1 Å². The molecule has 0 bridgehead atoms. The molecule has 2 atom stereocenters. The first-order valence-corrected chi connectivity index (χ1v) is 11.0. The zero-order valence-corrected chi connectivity index (χ0v) is 17.9. The van der Waals surface area contributed by atoms with E-state index in [-0.39, 0.29) is 42.1 Å². The number of nitrogens with zero attached hydrogens (tertiary/aromatic N) is 2. The van der Waals surface area contributed by atoms with Gasteiger partial charge in [-0.15, -0.1) is 0 Å². The molecule has 2 fully saturated rings. The Kier molecular flexibility index (Phi) is 6.35. The maximum absolute atomic E-state index is 13.1. The summed E-state index contributed by atoms with van der Waals surface area (Å²) in [6.07, 6.45) is 1.74. The molecule has 162 valence electrons. The van der Waals surface area contributed by atoms with E-state index in [9.17, 15) is 14.4 Å². The Labute approximate surface area is 183 Å². The van der Waals surface area contributed by atoms with Gasteiger partial charge in [0.25, 0.3) is 5.91 Å². The number of amides is 3. The molecule has 6 heteroatoms. The fraction of sp³-hybridized carbons (Fsp3) is 0.400. The molecule has 2 aromatic carbocycles. The minimum atomic E-state index is -0.283. The lowest BCUT2D eigenvalue weighted by atomic mass is 10.0. The Morgan fingerprint density at radius 1 is 0.968 bits per heavy atom. The van der Waals surface area contributed by atoms with Crippen LogP contribution in [-0.2, 0) is 9.59 Å². The number of carbonyl (C=O) groups is 3. The third kappa shape index (κ3) is 4.79. The highest BCUT2D eigenvalue weighted by atomic mass is 16.2. The van der Waals surface area contributed by atoms with E-state index in [0.717, 1.165) is 18.4 Å². The Morgan fingerprint density at radius 2 is 1.58 bits per heavy atom. The van der Waals surface area contributed by atoms with Crippen LogP contribution in [0.25, 0.3) is 0 Å². The van der Waals surface area contributed by atoms with Crippen molar-refractivity contribution < 1.29 is 14.4 Å². The second-order valence-corrected chi connectivity index (χ2v) is 8.47. The molecule has 4 rings (SSSR count). The fourth-order valence-corrected chi connectivity index (χ4v) is 4.54. The highest BCUT2D eigenvalue weighted by molar-refractivity contribution is 5.94. The summed E-state index contributed by atoms with van der Waals surface area (Å²) in [6, 6.07) is 19.1. The molecule has 2 aliphatic rings. The number of rotatable bonds is 5. The normalized spacial score (nSPS) is 20.5. The van der Waals surface area contributed by atoms with Crippen molar-refractivity contribution >= 4 is 17.7 Å². The monoisotopic (exact) mass is 419 g/mol. The van der Waals surface area contributed by atoms with E-state index in [1.807, 2.05) is 65.3 Å². The summed E-state index contributed by atoms with van der Waals surface area (Å²) in [5.74, 6) is -0.255. The standard InChI is InChI=1S/C25H29N3O3/c1-18(19-8-4-2-5-9-19)28-17-21(16-23(28)29)25(31)27-14-12-22(13-15-27)26-24(30)20-10-6-3-7-11-20/h2-11,18,21-22H,12-17H2,1H3,(H,26,30). The van der Waals surface area contributed by atoms with Crippen LogP contribution in [-0.4, -0.2) is 53.2 Å². The minimum absolute atomic E-state index is 0.0366. The lowest BCUT2D eigenvalue weighted by Crippen LogP contribution is -2.48. The molecular formula is C25H29N3O3. The summed E-state index contributed by atoms with van der Waals surface area (Å²) in [7, 11) is 0. The van der Waals surface area contributed by atoms with Crippen molar-refractivity contribution in [2.75, 3.05) is 19.6 Å². The largest absolute Gasteiger partial charge is 0.349 e. The number of likely N-dealkylation sites (tertiary alicyclic amines) is 2. The van der Waals surface area contributed by atoms with Crippen LogP contribution >= 0.6 is 0 Å². The summed E-state index contributed by atoms with van der Waals surface area (Å²) >= 11 is 0. The average Bonchev–Trinajstić information content (AvgIpc) is 3.21. The number of hydrogen-bond acceptors (Lipinski definition) is 3. The molecule has 2 aromatic rings. The van der Waals surface area contributed by atoms with Gasteiger partial charge in [-0.1, -0.05) is 48.5 Å². The molecule has 31 heavy (non-hydrogen) atoms. The quantitative estimate of drug-likeness (QED) is 0.810. The molecule has 2 saturated heterocycles. The summed E-state index contributed by atoms with van der Waals surface area (Å²) in [6.45, 7) is 3.70. The Hall–Kier alpha value is -3.15. The van der Waals surface area contributed by atoms with Gasteiger partial charge in [0, 0.05) is 37.7 Å². The summed E-state index contributed by atoms with van der Waals surface area (Å²) in [5.41, 5.74) is 1.73. The average molecular weight is 420 g/mol. The third-order valence-electron chi connectivity index (χ3n) is 6.44. The van der Waals surface area contributed by atoms with Gasteiger partial charge in [0.15, 0.2) is 0 Å². The van der Waals surface area contributed by atoms with Crippen LogP contribution in [0.5, 0.6) is 0 Å². The molecule has 0 saturated carbocycles. The lowest BCUT2D eigenvalue weighted by Gasteiger charge is -2.34. The number of benzene rings is 2. The fourth-order valence-electron chi connectivity index (χ4n) is 4.54. The Balaban J connectivity index is 1.29. The third-order valence-corrected chi connectivity index (χ3v) is 6.44. The van der Waals surface area contributed by atoms with E-state index >= 15 is 0 Å². The van der Waals surface area contributed by atoms with Gasteiger partial charge in [0.2, 0.25) is 11.8 Å². The van der Waals surface area contributed by atoms with Crippen LogP contribution in [0.3, 0.4) is 0 Å². The SMILES string of the molecule is CC(c1ccccc1)N1CC(C(=O)N2CCC(NC(=O)c3ccccc3)CC2)CC1=O. The van der Waals surface area contributed by atoms with E-state index in [0.29, 0.717) is 25.2 Å². The summed E-state index contributed by atoms with van der Waals surface area (Å²) in [4.78, 5) is 41.7. The molecule has 3 amide bonds. The molecule has 0 radical (unpaired) electrons. The van der Waals surface area contributed by atoms with Crippen LogP contribution in [0.2, 0.25) is 0 Å². The van der Waals surface area contributed by atoms with Gasteiger partial charge in [-0.2, -0.15) is 0 Å². The van der Waals surface area contributed by atoms with E-state index in [1.54, 1.807) is 12.1 Å². The molecule has 0 aliphatic carbocycles. The molecular weight excluding hydrogens is 390 g/mol. The van der Waals surface area contributed by atoms with Crippen LogP contribution in [0.4, 0.5) is 0 Å². The number of nitrogens with one attached hydrogen (secondary N) is 1. The zero-order valence-electron chi connectivity index (χ0n) is 17.9. The predicted molar refractivity (Wildman–Crippen MR) is 118 cm³/mol. The van der Waals surface area contributed by atoms with E-state index in [4.69, 9.17) is 0 Å². The van der Waals surface area contributed by atoms with Crippen LogP contribution < -0.4 is 5.32 Å². The van der Waals surface area contributed by atoms with E-state index in [2.05, 4.69) is 5.32 Å². The van der Waals surface area contributed by atoms with Crippen molar-refractivity contribution in [1.82, 2.24) is 15.1 Å². The molecule has 1 N–H and O–H groups in total. The smallest absolute Gasteiger partial charge is 0.251 e. The van der Waals surface area contributed by atoms with Gasteiger partial charge in [0.05, 0.1) is 12.0 Å². The first-order valence-electron chi connectivity index (χ1n) is 11.0. The second kappa shape index (κ2) is 9.33. The molecule has 2 heterocycles. The maximum atomic E-state index is 13.1. The van der Waals surface area contributed by atoms with Gasteiger partial charge >= 0.3 is 0 Å². The van der Waals surface area contributed by atoms with Crippen molar-refractivity contribution in [3.63, 3.8) is 0 Å². The van der Waals surface area contributed by atoms with Crippen molar-refractivity contribution in [1.29, 1.82) is 0 Å². The van der Waals surface area contributed by atoms with Crippen LogP contribution in [0, 0.1) is 5.92 Å². The first kappa shape index (κ1) is 21.1. The molecule has 2 aliphatic heterocycles. The number of piperidine rings is 1. The predicted octanol–water partition coefficient (Wildman–Crippen LogP) is 3.02. The Bertz CT molecular complexity index is 924. The molecule has 0 aromatic heterocycles. The minimum Gasteiger partial charge on any atom is -0.349 e. The van der Waals surface area contributed by atoms with Gasteiger partial charge in [0.1, 0.15) is 0 Å². The number of carbonyl (C=O) groups excluding carboxylic acids is 3. The van der Waals surface area contributed by atoms with Crippen molar-refractivity contribution in [2.24, 2.45) is 5.92 Å². The number of hydrogen-bond donors (Lipinski definition) is 1. The lowest BCUT2D eigenvalue weighted by molar-refractivity contribution is -0.136. The van der Waals surface area contributed by atoms with Gasteiger partial charge in [-0.05, 0) is 37.5 Å². The van der Waals surface area contributed by atoms with Crippen molar-refractivity contribution in [3.05, 3.63) is 71.8 Å². The highest BCUT2D eigenvalue weighted by Gasteiger charge is 2.39. The molecule has 6 nitrogen and oxygen atoms in total. The topological polar surface area (TPSA) is 69.7 Å². The van der Waals surface area contributed by atoms with Crippen LogP contribution in [0.15, 0.2) is 60.7 Å². The van der Waals surface area contributed by atoms with E-state index < -0.39 is 0 Å². The summed E-state index contributed by atoms with van der Waals surface area (Å²) in [5, 5.41) is 3.07. The van der Waals surface area contributed by atoms with Crippen LogP contribution in [0.1, 0.15) is 48.1 Å². The zero-order chi connectivity index (χ0) is 21.8.